The minimum atomic E-state index is -2.67. The Morgan fingerprint density at radius 1 is 0.593 bits per heavy atom. The van der Waals surface area contributed by atoms with Gasteiger partial charge in [0.05, 0.1) is 0 Å². The number of carbonyl (C=O) groups excluding carboxylic acids is 1. The number of fused-ring (bicyclic) bond motifs is 1. The molecule has 2 fully saturated rings. The van der Waals surface area contributed by atoms with E-state index in [1.54, 1.807) is 0 Å². The number of benzene rings is 5. The normalized spacial score (nSPS) is 17.2. The fraction of sp³-hybridized carbons (Fsp3) is 0.184. The Morgan fingerprint density at radius 3 is 1.27 bits per heavy atom. The third-order valence-corrected chi connectivity index (χ3v) is 17.0. The van der Waals surface area contributed by atoms with Crippen molar-refractivity contribution in [3.63, 3.8) is 0 Å². The first-order valence-corrected chi connectivity index (χ1v) is 21.2. The molecule has 2 aliphatic heterocycles. The second-order valence-corrected chi connectivity index (χ2v) is 18.4. The van der Waals surface area contributed by atoms with E-state index in [4.69, 9.17) is 40.2 Å². The minimum absolute atomic E-state index is 0.0115. The van der Waals surface area contributed by atoms with Crippen LogP contribution in [0.2, 0.25) is 0 Å². The van der Waals surface area contributed by atoms with Gasteiger partial charge in [-0.2, -0.15) is 0 Å². The Kier molecular flexibility index (Phi) is 20.7. The fourth-order valence-corrected chi connectivity index (χ4v) is 16.3. The van der Waals surface area contributed by atoms with Gasteiger partial charge in [0.2, 0.25) is 0 Å². The smallest absolute Gasteiger partial charge is 0.398 e. The largest absolute Gasteiger partial charge is 0.674 e. The van der Waals surface area contributed by atoms with Crippen molar-refractivity contribution < 1.29 is 62.2 Å². The van der Waals surface area contributed by atoms with Gasteiger partial charge in [-0.15, -0.1) is 0 Å². The van der Waals surface area contributed by atoms with E-state index < -0.39 is 36.8 Å². The molecule has 0 spiro atoms. The van der Waals surface area contributed by atoms with E-state index in [9.17, 15) is 22.1 Å². The molecule has 2 heterocycles. The van der Waals surface area contributed by atoms with E-state index >= 15 is 0 Å². The van der Waals surface area contributed by atoms with Crippen LogP contribution in [0.3, 0.4) is 0 Å². The van der Waals surface area contributed by atoms with Gasteiger partial charge in [-0.25, -0.2) is 0 Å². The van der Waals surface area contributed by atoms with Gasteiger partial charge in [0, 0.05) is 0 Å². The summed E-state index contributed by atoms with van der Waals surface area (Å²) in [6.45, 7) is 2.81. The van der Waals surface area contributed by atoms with E-state index in [1.807, 2.05) is 12.1 Å². The minimum Gasteiger partial charge on any atom is -0.398 e. The summed E-state index contributed by atoms with van der Waals surface area (Å²) in [6, 6.07) is 54.8. The fourth-order valence-electron chi connectivity index (χ4n) is 7.41. The van der Waals surface area contributed by atoms with Gasteiger partial charge in [0.25, 0.3) is 0 Å². The van der Waals surface area contributed by atoms with Crippen LogP contribution in [0.1, 0.15) is 24.1 Å². The third kappa shape index (κ3) is 14.2. The zero-order valence-electron chi connectivity index (χ0n) is 31.8. The van der Waals surface area contributed by atoms with E-state index in [2.05, 4.69) is 168 Å². The molecule has 0 saturated carbocycles. The van der Waals surface area contributed by atoms with E-state index in [0.29, 0.717) is 6.54 Å². The molecule has 5 aromatic carbocycles. The second-order valence-electron chi connectivity index (χ2n) is 12.9. The summed E-state index contributed by atoms with van der Waals surface area (Å²) in [5.74, 6) is 0.921. The number of urea groups is 1. The van der Waals surface area contributed by atoms with Gasteiger partial charge in [-0.05, 0) is 0 Å². The van der Waals surface area contributed by atoms with Crippen LogP contribution in [0.25, 0.3) is 0 Å². The molecule has 8 N–H and O–H groups in total. The first-order valence-electron chi connectivity index (χ1n) is 18.1. The van der Waals surface area contributed by atoms with Crippen LogP contribution >= 0.6 is 19.0 Å². The zero-order chi connectivity index (χ0) is 43.5. The summed E-state index contributed by atoms with van der Waals surface area (Å²) in [6.07, 6.45) is 0. The molecule has 2 amide bonds. The maximum atomic E-state index is 14.7. The van der Waals surface area contributed by atoms with Crippen LogP contribution < -0.4 is 15.9 Å². The van der Waals surface area contributed by atoms with Crippen molar-refractivity contribution in [1.82, 2.24) is 9.80 Å². The Labute approximate surface area is 346 Å². The van der Waals surface area contributed by atoms with Crippen molar-refractivity contribution in [3.05, 3.63) is 163 Å². The zero-order valence-corrected chi connectivity index (χ0v) is 33.6. The van der Waals surface area contributed by atoms with Gasteiger partial charge in [-0.3, -0.25) is 17.3 Å². The van der Waals surface area contributed by atoms with Crippen molar-refractivity contribution in [2.45, 2.75) is 36.6 Å². The van der Waals surface area contributed by atoms with Gasteiger partial charge < -0.3 is 40.2 Å². The van der Waals surface area contributed by atoms with Crippen LogP contribution in [0.5, 0.6) is 0 Å². The molecule has 21 heteroatoms. The molecule has 1 unspecified atom stereocenters. The Balaban J connectivity index is 0.000000500. The van der Waals surface area contributed by atoms with Gasteiger partial charge in [0.15, 0.2) is 0 Å². The molecule has 2 saturated heterocycles. The van der Waals surface area contributed by atoms with Crippen molar-refractivity contribution >= 4 is 70.6 Å². The van der Waals surface area contributed by atoms with E-state index in [1.165, 1.54) is 27.0 Å². The number of hydrogen-bond acceptors (Lipinski definition) is 10. The standard InChI is InChI=1S/C38H37N2OPS.4BFH2O2/c1-29(31-19-9-3-10-20-31)40-35-28-43-37(36(35)39(38(40)41)27-30-17-7-2-8-18-30)42(32-21-11-4-12-22-32,33-23-13-5-14-24-33)34-25-15-6-16-26-34;4*2-1(3)4/h2-26,29,35-37,42H,27-28H2,1H3;4*3-4H/t29-,35+,36+,37?;;;;/m1..../s1. The number of carbonyl (C=O) groups is 1. The molecule has 2 aliphatic rings. The number of rotatable bonds is 8. The summed E-state index contributed by atoms with van der Waals surface area (Å²) >= 11 is 2.08. The third-order valence-electron chi connectivity index (χ3n) is 9.34. The van der Waals surface area contributed by atoms with Crippen molar-refractivity contribution in [3.8, 4) is 0 Å². The van der Waals surface area contributed by atoms with Crippen molar-refractivity contribution in [2.24, 2.45) is 0 Å². The maximum Gasteiger partial charge on any atom is 0.674 e. The maximum absolute atomic E-state index is 14.7. The SMILES string of the molecule is C[C@H](c1ccccc1)N1C(=O)N(Cc2ccccc2)[C@@H]2C([PH](c3ccccc3)(c3ccccc3)c3ccccc3)SC[C@@H]21.OB(O)F.OB(O)F.OB(O)F.OB(O)F. The number of thioether (sulfide) groups is 1. The van der Waals surface area contributed by atoms with Crippen molar-refractivity contribution in [2.75, 3.05) is 5.75 Å². The number of amides is 2. The first kappa shape index (κ1) is 49.2. The average Bonchev–Trinajstić information content (AvgIpc) is 3.73. The van der Waals surface area contributed by atoms with Crippen LogP contribution in [0, 0.1) is 0 Å². The number of halogens is 4. The monoisotopic (exact) mass is 856 g/mol. The number of nitrogens with zero attached hydrogens (tertiary/aromatic N) is 2. The molecule has 0 aliphatic carbocycles. The predicted molar refractivity (Wildman–Crippen MR) is 230 cm³/mol. The summed E-state index contributed by atoms with van der Waals surface area (Å²) in [5.41, 5.74) is 2.35. The second kappa shape index (κ2) is 24.8. The molecule has 7 rings (SSSR count). The molecule has 0 aromatic heterocycles. The average molecular weight is 856 g/mol. The molecular weight excluding hydrogens is 811 g/mol. The summed E-state index contributed by atoms with van der Waals surface area (Å²) in [4.78, 5) is 19.3. The number of hydrogen-bond donors (Lipinski definition) is 8. The predicted octanol–water partition coefficient (Wildman–Crippen LogP) is 2.92. The van der Waals surface area contributed by atoms with Crippen molar-refractivity contribution in [1.29, 1.82) is 0 Å². The molecule has 11 nitrogen and oxygen atoms in total. The van der Waals surface area contributed by atoms with Crippen LogP contribution in [0.4, 0.5) is 22.1 Å². The first-order chi connectivity index (χ1) is 28.1. The summed E-state index contributed by atoms with van der Waals surface area (Å²) < 4.78 is 40.4. The molecule has 5 aromatic rings. The molecule has 0 bridgehead atoms. The molecule has 4 atom stereocenters. The van der Waals surface area contributed by atoms with Crippen LogP contribution in [-0.4, -0.2) is 108 Å². The molecule has 59 heavy (non-hydrogen) atoms. The van der Waals surface area contributed by atoms with E-state index in [-0.39, 0.29) is 29.1 Å². The van der Waals surface area contributed by atoms with E-state index in [0.717, 1.165) is 5.75 Å². The van der Waals surface area contributed by atoms with Crippen LogP contribution in [0.15, 0.2) is 152 Å². The Bertz CT molecular complexity index is 1790. The quantitative estimate of drug-likeness (QED) is 0.0500. The molecule has 0 radical (unpaired) electrons. The summed E-state index contributed by atoms with van der Waals surface area (Å²) in [5, 5.41) is 59.7. The topological polar surface area (TPSA) is 185 Å². The van der Waals surface area contributed by atoms with Gasteiger partial charge >= 0.3 is 290 Å². The molecule has 312 valence electrons. The molecular formula is C38H45B4F4N2O9PS. The van der Waals surface area contributed by atoms with Gasteiger partial charge in [0.1, 0.15) is 0 Å². The Morgan fingerprint density at radius 2 is 0.915 bits per heavy atom. The summed E-state index contributed by atoms with van der Waals surface area (Å²) in [7, 11) is -13.3. The van der Waals surface area contributed by atoms with Crippen LogP contribution in [-0.2, 0) is 6.54 Å². The Hall–Kier alpha value is -4.19. The van der Waals surface area contributed by atoms with Gasteiger partial charge in [-0.1, -0.05) is 0 Å².